The molecule has 2 aliphatic rings. The molecule has 4 heteroatoms. The van der Waals surface area contributed by atoms with Crippen molar-refractivity contribution in [2.24, 2.45) is 0 Å². The fourth-order valence-electron chi connectivity index (χ4n) is 5.06. The lowest BCUT2D eigenvalue weighted by Crippen LogP contribution is -2.49. The summed E-state index contributed by atoms with van der Waals surface area (Å²) in [4.78, 5) is 5.18. The van der Waals surface area contributed by atoms with Crippen molar-refractivity contribution in [3.05, 3.63) is 73.1 Å². The molecule has 0 unspecified atom stereocenters. The maximum atomic E-state index is 5.92. The van der Waals surface area contributed by atoms with Crippen molar-refractivity contribution < 1.29 is 4.74 Å². The zero-order valence-electron chi connectivity index (χ0n) is 18.5. The van der Waals surface area contributed by atoms with Crippen LogP contribution in [-0.2, 0) is 0 Å². The predicted molar refractivity (Wildman–Crippen MR) is 127 cm³/mol. The van der Waals surface area contributed by atoms with Crippen LogP contribution < -0.4 is 4.74 Å². The largest absolute Gasteiger partial charge is 0.457 e. The van der Waals surface area contributed by atoms with E-state index in [9.17, 15) is 0 Å². The molecule has 2 aromatic carbocycles. The number of para-hydroxylation sites is 1. The van der Waals surface area contributed by atoms with Gasteiger partial charge in [0.25, 0.3) is 0 Å². The standard InChI is InChI=1S/C27H33N3O/c1-28-17-19-29(20-18-28)24-9-11-25(12-10-24)30-16-15-23(21-30)22-7-13-27(14-8-22)31-26-5-3-2-4-6-26/h2-8,13-16,21,24-25H,9-12,17-20H2,1H3. The van der Waals surface area contributed by atoms with Crippen molar-refractivity contribution in [3.8, 4) is 22.6 Å². The summed E-state index contributed by atoms with van der Waals surface area (Å²) in [6.45, 7) is 4.92. The number of likely N-dealkylation sites (N-methyl/N-ethyl adjacent to an activating group) is 1. The van der Waals surface area contributed by atoms with Crippen LogP contribution in [0.3, 0.4) is 0 Å². The molecular weight excluding hydrogens is 382 g/mol. The van der Waals surface area contributed by atoms with Crippen LogP contribution in [0.15, 0.2) is 73.1 Å². The smallest absolute Gasteiger partial charge is 0.127 e. The molecule has 1 aliphatic heterocycles. The topological polar surface area (TPSA) is 20.6 Å². The summed E-state index contributed by atoms with van der Waals surface area (Å²) in [5, 5.41) is 0. The fraction of sp³-hybridized carbons (Fsp3) is 0.407. The summed E-state index contributed by atoms with van der Waals surface area (Å²) in [6.07, 6.45) is 9.82. The summed E-state index contributed by atoms with van der Waals surface area (Å²) < 4.78 is 8.37. The minimum atomic E-state index is 0.637. The highest BCUT2D eigenvalue weighted by molar-refractivity contribution is 5.63. The molecule has 5 rings (SSSR count). The van der Waals surface area contributed by atoms with Crippen LogP contribution in [0.5, 0.6) is 11.5 Å². The highest BCUT2D eigenvalue weighted by atomic mass is 16.5. The first-order valence-corrected chi connectivity index (χ1v) is 11.7. The van der Waals surface area contributed by atoms with Gasteiger partial charge in [-0.2, -0.15) is 0 Å². The van der Waals surface area contributed by atoms with Crippen molar-refractivity contribution in [2.75, 3.05) is 33.2 Å². The van der Waals surface area contributed by atoms with E-state index in [1.807, 2.05) is 30.3 Å². The molecule has 31 heavy (non-hydrogen) atoms. The first-order chi connectivity index (χ1) is 15.2. The summed E-state index contributed by atoms with van der Waals surface area (Å²) in [7, 11) is 2.24. The lowest BCUT2D eigenvalue weighted by molar-refractivity contribution is 0.0824. The number of aromatic nitrogens is 1. The van der Waals surface area contributed by atoms with Gasteiger partial charge in [-0.25, -0.2) is 0 Å². The number of piperazine rings is 1. The van der Waals surface area contributed by atoms with Crippen LogP contribution in [0.25, 0.3) is 11.1 Å². The van der Waals surface area contributed by atoms with E-state index >= 15 is 0 Å². The highest BCUT2D eigenvalue weighted by Gasteiger charge is 2.28. The third-order valence-corrected chi connectivity index (χ3v) is 7.02. The van der Waals surface area contributed by atoms with Gasteiger partial charge in [0, 0.05) is 50.7 Å². The highest BCUT2D eigenvalue weighted by Crippen LogP contribution is 2.33. The zero-order valence-corrected chi connectivity index (χ0v) is 18.5. The monoisotopic (exact) mass is 415 g/mol. The lowest BCUT2D eigenvalue weighted by atomic mass is 9.89. The normalized spacial score (nSPS) is 23.0. The number of hydrogen-bond donors (Lipinski definition) is 0. The second-order valence-electron chi connectivity index (χ2n) is 9.09. The average Bonchev–Trinajstić information content (AvgIpc) is 3.31. The quantitative estimate of drug-likeness (QED) is 0.535. The maximum absolute atomic E-state index is 5.92. The second-order valence-corrected chi connectivity index (χ2v) is 9.09. The van der Waals surface area contributed by atoms with Gasteiger partial charge in [-0.15, -0.1) is 0 Å². The van der Waals surface area contributed by atoms with E-state index in [0.29, 0.717) is 6.04 Å². The maximum Gasteiger partial charge on any atom is 0.127 e. The van der Waals surface area contributed by atoms with E-state index in [1.165, 1.54) is 63.0 Å². The van der Waals surface area contributed by atoms with Gasteiger partial charge in [0.2, 0.25) is 0 Å². The van der Waals surface area contributed by atoms with E-state index < -0.39 is 0 Å². The van der Waals surface area contributed by atoms with E-state index in [0.717, 1.165) is 17.5 Å². The van der Waals surface area contributed by atoms with Crippen LogP contribution in [-0.4, -0.2) is 53.6 Å². The van der Waals surface area contributed by atoms with Gasteiger partial charge in [-0.3, -0.25) is 4.90 Å². The second kappa shape index (κ2) is 9.29. The summed E-state index contributed by atoms with van der Waals surface area (Å²) >= 11 is 0. The Morgan fingerprint density at radius 3 is 2.03 bits per heavy atom. The average molecular weight is 416 g/mol. The van der Waals surface area contributed by atoms with Crippen LogP contribution >= 0.6 is 0 Å². The molecule has 162 valence electrons. The van der Waals surface area contributed by atoms with E-state index in [-0.39, 0.29) is 0 Å². The van der Waals surface area contributed by atoms with Crippen LogP contribution in [0.1, 0.15) is 31.7 Å². The molecule has 4 nitrogen and oxygen atoms in total. The Morgan fingerprint density at radius 2 is 1.32 bits per heavy atom. The molecule has 0 spiro atoms. The molecule has 1 saturated carbocycles. The van der Waals surface area contributed by atoms with Gasteiger partial charge in [0.15, 0.2) is 0 Å². The number of nitrogens with zero attached hydrogens (tertiary/aromatic N) is 3. The Hall–Kier alpha value is -2.56. The van der Waals surface area contributed by atoms with Gasteiger partial charge in [0.1, 0.15) is 11.5 Å². The molecule has 0 atom stereocenters. The summed E-state index contributed by atoms with van der Waals surface area (Å²) in [6, 6.07) is 22.0. The molecule has 1 aromatic heterocycles. The third kappa shape index (κ3) is 4.86. The first-order valence-electron chi connectivity index (χ1n) is 11.7. The fourth-order valence-corrected chi connectivity index (χ4v) is 5.06. The Bertz CT molecular complexity index is 950. The molecule has 0 amide bonds. The number of benzene rings is 2. The molecule has 1 saturated heterocycles. The van der Waals surface area contributed by atoms with Gasteiger partial charge in [0.05, 0.1) is 0 Å². The minimum absolute atomic E-state index is 0.637. The molecule has 3 aromatic rings. The molecule has 0 radical (unpaired) electrons. The molecule has 1 aliphatic carbocycles. The minimum Gasteiger partial charge on any atom is -0.457 e. The zero-order chi connectivity index (χ0) is 21.0. The van der Waals surface area contributed by atoms with Crippen LogP contribution in [0, 0.1) is 0 Å². The summed E-state index contributed by atoms with van der Waals surface area (Å²) in [5.41, 5.74) is 2.53. The SMILES string of the molecule is CN1CCN(C2CCC(n3ccc(-c4ccc(Oc5ccccc5)cc4)c3)CC2)CC1. The third-order valence-electron chi connectivity index (χ3n) is 7.02. The molecule has 0 bridgehead atoms. The Morgan fingerprint density at radius 1 is 0.677 bits per heavy atom. The van der Waals surface area contributed by atoms with Crippen molar-refractivity contribution in [1.29, 1.82) is 0 Å². The number of rotatable bonds is 5. The van der Waals surface area contributed by atoms with Crippen molar-refractivity contribution in [2.45, 2.75) is 37.8 Å². The molecule has 0 N–H and O–H groups in total. The Kier molecular flexibility index (Phi) is 6.10. The summed E-state index contributed by atoms with van der Waals surface area (Å²) in [5.74, 6) is 1.74. The van der Waals surface area contributed by atoms with Gasteiger partial charge < -0.3 is 14.2 Å². The predicted octanol–water partition coefficient (Wildman–Crippen LogP) is 5.68. The first kappa shape index (κ1) is 20.3. The molecule has 2 fully saturated rings. The number of ether oxygens (including phenoxy) is 1. The molecule has 2 heterocycles. The van der Waals surface area contributed by atoms with Gasteiger partial charge in [-0.1, -0.05) is 30.3 Å². The van der Waals surface area contributed by atoms with E-state index in [2.05, 4.69) is 64.1 Å². The van der Waals surface area contributed by atoms with Crippen LogP contribution in [0.2, 0.25) is 0 Å². The van der Waals surface area contributed by atoms with E-state index in [1.54, 1.807) is 0 Å². The number of hydrogen-bond acceptors (Lipinski definition) is 3. The van der Waals surface area contributed by atoms with Crippen molar-refractivity contribution >= 4 is 0 Å². The Labute approximate surface area is 186 Å². The Balaban J connectivity index is 1.18. The van der Waals surface area contributed by atoms with Gasteiger partial charge in [-0.05, 0) is 74.2 Å². The van der Waals surface area contributed by atoms with E-state index in [4.69, 9.17) is 4.74 Å². The van der Waals surface area contributed by atoms with Crippen molar-refractivity contribution in [1.82, 2.24) is 14.4 Å². The molecular formula is C27H33N3O. The van der Waals surface area contributed by atoms with Crippen LogP contribution in [0.4, 0.5) is 0 Å². The van der Waals surface area contributed by atoms with Gasteiger partial charge >= 0.3 is 0 Å². The van der Waals surface area contributed by atoms with Crippen molar-refractivity contribution in [3.63, 3.8) is 0 Å². The lowest BCUT2D eigenvalue weighted by Gasteiger charge is -2.41.